The molecule has 0 heterocycles. The van der Waals surface area contributed by atoms with Crippen LogP contribution in [0.25, 0.3) is 0 Å². The largest absolute Gasteiger partial charge is 0.396 e. The van der Waals surface area contributed by atoms with Crippen molar-refractivity contribution in [3.05, 3.63) is 12.7 Å². The molecule has 0 radical (unpaired) electrons. The zero-order valence-corrected chi connectivity index (χ0v) is 5.17. The van der Waals surface area contributed by atoms with Crippen LogP contribution in [0.15, 0.2) is 12.7 Å². The first kappa shape index (κ1) is 7.66. The molecule has 0 fully saturated rings. The van der Waals surface area contributed by atoms with Gasteiger partial charge in [-0.05, 0) is 5.92 Å². The normalized spacial score (nSPS) is 17.4. The predicted molar refractivity (Wildman–Crippen MR) is 34.4 cm³/mol. The Balaban J connectivity index is 3.44. The van der Waals surface area contributed by atoms with Crippen molar-refractivity contribution in [3.8, 4) is 0 Å². The smallest absolute Gasteiger partial charge is 0.0474 e. The minimum atomic E-state index is -0.0694. The van der Waals surface area contributed by atoms with Gasteiger partial charge in [-0.3, -0.25) is 0 Å². The second-order valence-electron chi connectivity index (χ2n) is 1.97. The molecule has 0 unspecified atom stereocenters. The molecule has 0 spiro atoms. The number of nitrogens with two attached hydrogens (primary N) is 1. The van der Waals surface area contributed by atoms with E-state index in [1.807, 2.05) is 6.92 Å². The van der Waals surface area contributed by atoms with Crippen LogP contribution in [-0.4, -0.2) is 17.8 Å². The van der Waals surface area contributed by atoms with E-state index in [0.717, 1.165) is 0 Å². The van der Waals surface area contributed by atoms with Crippen molar-refractivity contribution < 1.29 is 5.11 Å². The number of hydrogen-bond donors (Lipinski definition) is 2. The van der Waals surface area contributed by atoms with Crippen molar-refractivity contribution in [2.75, 3.05) is 6.61 Å². The summed E-state index contributed by atoms with van der Waals surface area (Å²) < 4.78 is 0. The van der Waals surface area contributed by atoms with Gasteiger partial charge in [-0.2, -0.15) is 0 Å². The predicted octanol–water partition coefficient (Wildman–Crippen LogP) is 0.128. The lowest BCUT2D eigenvalue weighted by Crippen LogP contribution is -2.27. The maximum atomic E-state index is 8.51. The van der Waals surface area contributed by atoms with E-state index in [0.29, 0.717) is 0 Å². The van der Waals surface area contributed by atoms with Crippen LogP contribution < -0.4 is 5.73 Å². The molecule has 0 saturated heterocycles. The van der Waals surface area contributed by atoms with Crippen LogP contribution in [0.4, 0.5) is 0 Å². The maximum Gasteiger partial charge on any atom is 0.0474 e. The Morgan fingerprint density at radius 1 is 1.88 bits per heavy atom. The number of aliphatic hydroxyl groups is 1. The van der Waals surface area contributed by atoms with Gasteiger partial charge in [-0.1, -0.05) is 13.0 Å². The van der Waals surface area contributed by atoms with E-state index in [1.165, 1.54) is 0 Å². The SMILES string of the molecule is C=C[C@H](N)[C@H](C)CO. The standard InChI is InChI=1S/C6H13NO/c1-3-6(7)5(2)4-8/h3,5-6,8H,1,4,7H2,2H3/t5-,6+/m1/s1. The van der Waals surface area contributed by atoms with Crippen molar-refractivity contribution >= 4 is 0 Å². The summed E-state index contributed by atoms with van der Waals surface area (Å²) in [6.45, 7) is 5.51. The molecule has 0 aromatic rings. The fraction of sp³-hybridized carbons (Fsp3) is 0.667. The minimum absolute atomic E-state index is 0.0694. The second kappa shape index (κ2) is 3.64. The lowest BCUT2D eigenvalue weighted by Gasteiger charge is -2.11. The fourth-order valence-corrected chi connectivity index (χ4v) is 0.354. The van der Waals surface area contributed by atoms with E-state index in [-0.39, 0.29) is 18.6 Å². The molecular formula is C6H13NO. The quantitative estimate of drug-likeness (QED) is 0.513. The Morgan fingerprint density at radius 2 is 2.38 bits per heavy atom. The summed E-state index contributed by atoms with van der Waals surface area (Å²) in [6, 6.07) is -0.0694. The van der Waals surface area contributed by atoms with E-state index in [2.05, 4.69) is 6.58 Å². The van der Waals surface area contributed by atoms with Gasteiger partial charge in [0, 0.05) is 12.6 Å². The molecule has 0 aliphatic carbocycles. The Kier molecular flexibility index (Phi) is 3.48. The molecule has 0 aromatic carbocycles. The van der Waals surface area contributed by atoms with E-state index >= 15 is 0 Å². The number of rotatable bonds is 3. The Labute approximate surface area is 50.0 Å². The first-order valence-corrected chi connectivity index (χ1v) is 2.71. The highest BCUT2D eigenvalue weighted by molar-refractivity contribution is 4.85. The molecule has 0 aliphatic rings. The summed E-state index contributed by atoms with van der Waals surface area (Å²) in [5.41, 5.74) is 5.45. The van der Waals surface area contributed by atoms with Gasteiger partial charge in [-0.15, -0.1) is 6.58 Å². The number of hydrogen-bond acceptors (Lipinski definition) is 2. The fourth-order valence-electron chi connectivity index (χ4n) is 0.354. The van der Waals surface area contributed by atoms with Crippen LogP contribution in [0.2, 0.25) is 0 Å². The van der Waals surface area contributed by atoms with Crippen LogP contribution in [0.5, 0.6) is 0 Å². The van der Waals surface area contributed by atoms with Gasteiger partial charge in [0.1, 0.15) is 0 Å². The minimum Gasteiger partial charge on any atom is -0.396 e. The summed E-state index contributed by atoms with van der Waals surface area (Å²) >= 11 is 0. The number of aliphatic hydroxyl groups excluding tert-OH is 1. The van der Waals surface area contributed by atoms with Crippen LogP contribution >= 0.6 is 0 Å². The van der Waals surface area contributed by atoms with Gasteiger partial charge < -0.3 is 10.8 Å². The monoisotopic (exact) mass is 115 g/mol. The van der Waals surface area contributed by atoms with Crippen LogP contribution in [0, 0.1) is 5.92 Å². The lowest BCUT2D eigenvalue weighted by atomic mass is 10.1. The molecule has 2 heteroatoms. The molecular weight excluding hydrogens is 102 g/mol. The molecule has 8 heavy (non-hydrogen) atoms. The highest BCUT2D eigenvalue weighted by Crippen LogP contribution is 1.97. The molecule has 0 aliphatic heterocycles. The average molecular weight is 115 g/mol. The molecule has 2 atom stereocenters. The van der Waals surface area contributed by atoms with Gasteiger partial charge in [0.15, 0.2) is 0 Å². The highest BCUT2D eigenvalue weighted by Gasteiger charge is 2.05. The Hall–Kier alpha value is -0.340. The van der Waals surface area contributed by atoms with E-state index < -0.39 is 0 Å². The summed E-state index contributed by atoms with van der Waals surface area (Å²) in [7, 11) is 0. The second-order valence-corrected chi connectivity index (χ2v) is 1.97. The molecule has 0 bridgehead atoms. The van der Waals surface area contributed by atoms with Crippen molar-refractivity contribution in [2.24, 2.45) is 11.7 Å². The zero-order chi connectivity index (χ0) is 6.57. The molecule has 0 aromatic heterocycles. The van der Waals surface area contributed by atoms with Crippen LogP contribution in [-0.2, 0) is 0 Å². The van der Waals surface area contributed by atoms with Crippen molar-refractivity contribution in [1.82, 2.24) is 0 Å². The van der Waals surface area contributed by atoms with Gasteiger partial charge in [0.25, 0.3) is 0 Å². The van der Waals surface area contributed by atoms with E-state index in [9.17, 15) is 0 Å². The van der Waals surface area contributed by atoms with Gasteiger partial charge in [0.05, 0.1) is 0 Å². The zero-order valence-electron chi connectivity index (χ0n) is 5.17. The molecule has 0 amide bonds. The topological polar surface area (TPSA) is 46.2 Å². The maximum absolute atomic E-state index is 8.51. The third kappa shape index (κ3) is 2.09. The Bertz CT molecular complexity index is 72.9. The summed E-state index contributed by atoms with van der Waals surface area (Å²) in [5.74, 6) is 0.132. The van der Waals surface area contributed by atoms with Crippen molar-refractivity contribution in [3.63, 3.8) is 0 Å². The van der Waals surface area contributed by atoms with Gasteiger partial charge in [0.2, 0.25) is 0 Å². The summed E-state index contributed by atoms with van der Waals surface area (Å²) in [6.07, 6.45) is 1.64. The van der Waals surface area contributed by atoms with Gasteiger partial charge in [-0.25, -0.2) is 0 Å². The van der Waals surface area contributed by atoms with Crippen LogP contribution in [0.3, 0.4) is 0 Å². The third-order valence-electron chi connectivity index (χ3n) is 1.22. The highest BCUT2D eigenvalue weighted by atomic mass is 16.3. The first-order valence-electron chi connectivity index (χ1n) is 2.71. The van der Waals surface area contributed by atoms with Crippen molar-refractivity contribution in [2.45, 2.75) is 13.0 Å². The molecule has 0 saturated carbocycles. The molecule has 2 nitrogen and oxygen atoms in total. The molecule has 48 valence electrons. The Morgan fingerprint density at radius 3 is 2.50 bits per heavy atom. The van der Waals surface area contributed by atoms with Crippen molar-refractivity contribution in [1.29, 1.82) is 0 Å². The molecule has 3 N–H and O–H groups in total. The summed E-state index contributed by atoms with van der Waals surface area (Å²) in [4.78, 5) is 0. The molecule has 0 rings (SSSR count). The lowest BCUT2D eigenvalue weighted by molar-refractivity contribution is 0.228. The third-order valence-corrected chi connectivity index (χ3v) is 1.22. The van der Waals surface area contributed by atoms with Gasteiger partial charge >= 0.3 is 0 Å². The van der Waals surface area contributed by atoms with Crippen LogP contribution in [0.1, 0.15) is 6.92 Å². The average Bonchev–Trinajstić information content (AvgIpc) is 1.84. The summed E-state index contributed by atoms with van der Waals surface area (Å²) in [5, 5.41) is 8.51. The van der Waals surface area contributed by atoms with E-state index in [1.54, 1.807) is 6.08 Å². The first-order chi connectivity index (χ1) is 3.72. The van der Waals surface area contributed by atoms with E-state index in [4.69, 9.17) is 10.8 Å².